The molecule has 5 nitrogen and oxygen atoms in total. The summed E-state index contributed by atoms with van der Waals surface area (Å²) in [5.41, 5.74) is 3.05. The number of carbonyl (C=O) groups excluding carboxylic acids is 1. The quantitative estimate of drug-likeness (QED) is 0.442. The van der Waals surface area contributed by atoms with Crippen LogP contribution >= 0.6 is 23.2 Å². The first-order valence-corrected chi connectivity index (χ1v) is 9.10. The minimum atomic E-state index is -0.297. The molecule has 0 aliphatic rings. The van der Waals surface area contributed by atoms with Gasteiger partial charge in [0.05, 0.1) is 17.2 Å². The molecule has 3 aromatic carbocycles. The van der Waals surface area contributed by atoms with E-state index in [0.717, 1.165) is 5.56 Å². The number of hydrogen-bond acceptors (Lipinski definition) is 4. The standard InChI is InChI=1S/C21H14Cl2N2O3/c1-27-15-4-2-3-13(9-15)21-25-18-11-14(6-8-19(18)28-21)24-20(26)12-5-7-16(22)17(23)10-12/h2-11H,1H3,(H,24,26). The van der Waals surface area contributed by atoms with Crippen molar-refractivity contribution in [3.05, 3.63) is 76.3 Å². The largest absolute Gasteiger partial charge is 0.497 e. The Kier molecular flexibility index (Phi) is 4.94. The summed E-state index contributed by atoms with van der Waals surface area (Å²) >= 11 is 11.9. The Bertz CT molecular complexity index is 1190. The number of rotatable bonds is 4. The number of methoxy groups -OCH3 is 1. The Balaban J connectivity index is 1.60. The molecule has 4 aromatic rings. The van der Waals surface area contributed by atoms with Gasteiger partial charge in [0.25, 0.3) is 5.91 Å². The second-order valence-corrected chi connectivity index (χ2v) is 6.83. The van der Waals surface area contributed by atoms with Gasteiger partial charge in [0, 0.05) is 16.8 Å². The van der Waals surface area contributed by atoms with Crippen molar-refractivity contribution in [1.82, 2.24) is 4.98 Å². The normalized spacial score (nSPS) is 10.8. The topological polar surface area (TPSA) is 64.4 Å². The maximum absolute atomic E-state index is 12.4. The third-order valence-electron chi connectivity index (χ3n) is 4.14. The maximum atomic E-state index is 12.4. The molecule has 0 fully saturated rings. The molecular formula is C21H14Cl2N2O3. The molecule has 0 atom stereocenters. The average Bonchev–Trinajstić information content (AvgIpc) is 3.13. The predicted octanol–water partition coefficient (Wildman–Crippen LogP) is 6.06. The SMILES string of the molecule is COc1cccc(-c2nc3cc(NC(=O)c4ccc(Cl)c(Cl)c4)ccc3o2)c1. The summed E-state index contributed by atoms with van der Waals surface area (Å²) in [5.74, 6) is 0.894. The fraction of sp³-hybridized carbons (Fsp3) is 0.0476. The first-order chi connectivity index (χ1) is 13.5. The summed E-state index contributed by atoms with van der Waals surface area (Å²) in [7, 11) is 1.61. The zero-order valence-electron chi connectivity index (χ0n) is 14.7. The van der Waals surface area contributed by atoms with Gasteiger partial charge in [-0.3, -0.25) is 4.79 Å². The van der Waals surface area contributed by atoms with Crippen molar-refractivity contribution in [2.75, 3.05) is 12.4 Å². The van der Waals surface area contributed by atoms with Crippen molar-refractivity contribution in [3.8, 4) is 17.2 Å². The number of nitrogens with one attached hydrogen (secondary N) is 1. The van der Waals surface area contributed by atoms with Crippen LogP contribution in [-0.2, 0) is 0 Å². The smallest absolute Gasteiger partial charge is 0.255 e. The van der Waals surface area contributed by atoms with E-state index in [0.29, 0.717) is 44.0 Å². The average molecular weight is 413 g/mol. The number of hydrogen-bond donors (Lipinski definition) is 1. The van der Waals surface area contributed by atoms with Crippen LogP contribution in [0.15, 0.2) is 65.1 Å². The minimum absolute atomic E-state index is 0.297. The molecule has 0 saturated heterocycles. The van der Waals surface area contributed by atoms with E-state index in [1.165, 1.54) is 6.07 Å². The van der Waals surface area contributed by atoms with E-state index in [-0.39, 0.29) is 5.91 Å². The van der Waals surface area contributed by atoms with E-state index in [9.17, 15) is 4.79 Å². The molecule has 1 N–H and O–H groups in total. The van der Waals surface area contributed by atoms with Crippen molar-refractivity contribution in [2.24, 2.45) is 0 Å². The molecule has 0 saturated carbocycles. The number of halogens is 2. The molecule has 1 amide bonds. The van der Waals surface area contributed by atoms with Gasteiger partial charge in [-0.1, -0.05) is 29.3 Å². The Morgan fingerprint density at radius 1 is 1.04 bits per heavy atom. The Hall–Kier alpha value is -3.02. The second-order valence-electron chi connectivity index (χ2n) is 6.02. The van der Waals surface area contributed by atoms with Gasteiger partial charge >= 0.3 is 0 Å². The number of ether oxygens (including phenoxy) is 1. The zero-order chi connectivity index (χ0) is 19.7. The molecule has 0 unspecified atom stereocenters. The molecule has 140 valence electrons. The molecule has 0 bridgehead atoms. The predicted molar refractivity (Wildman–Crippen MR) is 110 cm³/mol. The van der Waals surface area contributed by atoms with Gasteiger partial charge in [-0.05, 0) is 54.6 Å². The second kappa shape index (κ2) is 7.54. The van der Waals surface area contributed by atoms with E-state index in [2.05, 4.69) is 10.3 Å². The van der Waals surface area contributed by atoms with E-state index in [1.54, 1.807) is 37.4 Å². The highest BCUT2D eigenvalue weighted by molar-refractivity contribution is 6.42. The van der Waals surface area contributed by atoms with E-state index in [4.69, 9.17) is 32.4 Å². The monoisotopic (exact) mass is 412 g/mol. The summed E-state index contributed by atoms with van der Waals surface area (Å²) < 4.78 is 11.1. The van der Waals surface area contributed by atoms with Gasteiger partial charge in [-0.15, -0.1) is 0 Å². The van der Waals surface area contributed by atoms with Gasteiger partial charge in [0.1, 0.15) is 11.3 Å². The number of oxazole rings is 1. The van der Waals surface area contributed by atoms with Gasteiger partial charge in [0.2, 0.25) is 5.89 Å². The number of amides is 1. The van der Waals surface area contributed by atoms with Crippen molar-refractivity contribution in [3.63, 3.8) is 0 Å². The highest BCUT2D eigenvalue weighted by Crippen LogP contribution is 2.29. The Labute approximate surface area is 170 Å². The summed E-state index contributed by atoms with van der Waals surface area (Å²) in [6, 6.07) is 17.4. The van der Waals surface area contributed by atoms with Gasteiger partial charge in [-0.25, -0.2) is 4.98 Å². The lowest BCUT2D eigenvalue weighted by atomic mass is 10.2. The Morgan fingerprint density at radius 3 is 2.68 bits per heavy atom. The third kappa shape index (κ3) is 3.67. The molecule has 28 heavy (non-hydrogen) atoms. The molecule has 0 radical (unpaired) electrons. The first-order valence-electron chi connectivity index (χ1n) is 8.35. The van der Waals surface area contributed by atoms with Crippen LogP contribution in [0.5, 0.6) is 5.75 Å². The van der Waals surface area contributed by atoms with Gasteiger partial charge in [0.15, 0.2) is 5.58 Å². The zero-order valence-corrected chi connectivity index (χ0v) is 16.2. The van der Waals surface area contributed by atoms with Crippen molar-refractivity contribution in [2.45, 2.75) is 0 Å². The molecule has 4 rings (SSSR count). The summed E-state index contributed by atoms with van der Waals surface area (Å²) in [5, 5.41) is 3.54. The highest BCUT2D eigenvalue weighted by Gasteiger charge is 2.12. The number of carbonyl (C=O) groups is 1. The van der Waals surface area contributed by atoms with Crippen molar-refractivity contribution >= 4 is 45.9 Å². The van der Waals surface area contributed by atoms with Crippen molar-refractivity contribution in [1.29, 1.82) is 0 Å². The number of fused-ring (bicyclic) bond motifs is 1. The maximum Gasteiger partial charge on any atom is 0.255 e. The minimum Gasteiger partial charge on any atom is -0.497 e. The molecule has 0 aliphatic carbocycles. The fourth-order valence-electron chi connectivity index (χ4n) is 2.73. The molecule has 0 spiro atoms. The first kappa shape index (κ1) is 18.3. The van der Waals surface area contributed by atoms with Crippen LogP contribution in [0.2, 0.25) is 10.0 Å². The molecule has 1 aromatic heterocycles. The lowest BCUT2D eigenvalue weighted by Gasteiger charge is -2.06. The number of anilines is 1. The van der Waals surface area contributed by atoms with Crippen molar-refractivity contribution < 1.29 is 13.9 Å². The van der Waals surface area contributed by atoms with Gasteiger partial charge < -0.3 is 14.5 Å². The lowest BCUT2D eigenvalue weighted by Crippen LogP contribution is -2.11. The number of benzene rings is 3. The van der Waals surface area contributed by atoms with Crippen LogP contribution in [0, 0.1) is 0 Å². The van der Waals surface area contributed by atoms with E-state index in [1.807, 2.05) is 24.3 Å². The summed E-state index contributed by atoms with van der Waals surface area (Å²) in [6.45, 7) is 0. The van der Waals surface area contributed by atoms with Crippen LogP contribution in [0.3, 0.4) is 0 Å². The summed E-state index contributed by atoms with van der Waals surface area (Å²) in [4.78, 5) is 17.0. The third-order valence-corrected chi connectivity index (χ3v) is 4.88. The van der Waals surface area contributed by atoms with E-state index >= 15 is 0 Å². The lowest BCUT2D eigenvalue weighted by molar-refractivity contribution is 0.102. The molecule has 7 heteroatoms. The number of aromatic nitrogens is 1. The fourth-order valence-corrected chi connectivity index (χ4v) is 3.02. The van der Waals surface area contributed by atoms with Crippen LogP contribution < -0.4 is 10.1 Å². The van der Waals surface area contributed by atoms with Crippen LogP contribution in [-0.4, -0.2) is 18.0 Å². The van der Waals surface area contributed by atoms with Crippen LogP contribution in [0.1, 0.15) is 10.4 Å². The molecule has 1 heterocycles. The highest BCUT2D eigenvalue weighted by atomic mass is 35.5. The molecular weight excluding hydrogens is 399 g/mol. The van der Waals surface area contributed by atoms with Crippen LogP contribution in [0.25, 0.3) is 22.6 Å². The van der Waals surface area contributed by atoms with E-state index < -0.39 is 0 Å². The molecule has 0 aliphatic heterocycles. The van der Waals surface area contributed by atoms with Gasteiger partial charge in [-0.2, -0.15) is 0 Å². The number of nitrogens with zero attached hydrogens (tertiary/aromatic N) is 1. The van der Waals surface area contributed by atoms with Crippen LogP contribution in [0.4, 0.5) is 5.69 Å². The summed E-state index contributed by atoms with van der Waals surface area (Å²) in [6.07, 6.45) is 0. The Morgan fingerprint density at radius 2 is 1.89 bits per heavy atom.